The molecule has 0 spiro atoms. The molecule has 3 heteroatoms. The first-order valence-electron chi connectivity index (χ1n) is 4.25. The summed E-state index contributed by atoms with van der Waals surface area (Å²) >= 11 is 0. The van der Waals surface area contributed by atoms with Crippen molar-refractivity contribution in [3.8, 4) is 0 Å². The van der Waals surface area contributed by atoms with Gasteiger partial charge in [0.15, 0.2) is 0 Å². The van der Waals surface area contributed by atoms with Crippen molar-refractivity contribution >= 4 is 12.4 Å². The molecule has 0 aromatic carbocycles. The van der Waals surface area contributed by atoms with Gasteiger partial charge in [-0.05, 0) is 38.4 Å². The molecule has 2 aliphatic rings. The van der Waals surface area contributed by atoms with E-state index in [0.29, 0.717) is 0 Å². The van der Waals surface area contributed by atoms with Crippen molar-refractivity contribution in [1.82, 2.24) is 10.2 Å². The Morgan fingerprint density at radius 3 is 2.73 bits per heavy atom. The molecule has 2 saturated heterocycles. The van der Waals surface area contributed by atoms with Crippen LogP contribution in [-0.2, 0) is 0 Å². The van der Waals surface area contributed by atoms with Crippen LogP contribution in [0, 0.1) is 11.8 Å². The number of halogens is 1. The maximum absolute atomic E-state index is 3.45. The maximum Gasteiger partial charge on any atom is 0.00220 e. The fraction of sp³-hybridized carbons (Fsp3) is 1.00. The smallest absolute Gasteiger partial charge is 0.00220 e. The first kappa shape index (κ1) is 9.30. The van der Waals surface area contributed by atoms with Crippen LogP contribution >= 0.6 is 12.4 Å². The summed E-state index contributed by atoms with van der Waals surface area (Å²) < 4.78 is 0. The summed E-state index contributed by atoms with van der Waals surface area (Å²) in [5.41, 5.74) is 0. The van der Waals surface area contributed by atoms with Gasteiger partial charge in [-0.25, -0.2) is 0 Å². The second kappa shape index (κ2) is 3.74. The predicted molar refractivity (Wildman–Crippen MR) is 49.2 cm³/mol. The lowest BCUT2D eigenvalue weighted by atomic mass is 9.90. The van der Waals surface area contributed by atoms with E-state index in [2.05, 4.69) is 17.3 Å². The highest BCUT2D eigenvalue weighted by molar-refractivity contribution is 5.85. The van der Waals surface area contributed by atoms with E-state index in [4.69, 9.17) is 0 Å². The Morgan fingerprint density at radius 2 is 2.00 bits per heavy atom. The van der Waals surface area contributed by atoms with Gasteiger partial charge in [0.1, 0.15) is 0 Å². The molecule has 0 amide bonds. The summed E-state index contributed by atoms with van der Waals surface area (Å²) in [7, 11) is 2.23. The Kier molecular flexibility index (Phi) is 3.16. The zero-order valence-corrected chi connectivity index (χ0v) is 7.86. The maximum atomic E-state index is 3.45. The third kappa shape index (κ3) is 1.86. The molecule has 0 bridgehead atoms. The Morgan fingerprint density at radius 1 is 1.27 bits per heavy atom. The summed E-state index contributed by atoms with van der Waals surface area (Å²) in [5, 5.41) is 3.45. The largest absolute Gasteiger partial charge is 0.316 e. The number of rotatable bonds is 0. The lowest BCUT2D eigenvalue weighted by Crippen LogP contribution is -2.35. The Balaban J connectivity index is 0.000000605. The minimum atomic E-state index is 0. The second-order valence-corrected chi connectivity index (χ2v) is 3.73. The van der Waals surface area contributed by atoms with Crippen LogP contribution in [0.4, 0.5) is 0 Å². The summed E-state index contributed by atoms with van der Waals surface area (Å²) in [6.45, 7) is 5.16. The standard InChI is InChI=1S/C8H16N2.ClH/c1-10-5-7-2-3-9-4-8(7)6-10;/h7-9H,2-6H2,1H3;1H. The molecule has 0 aromatic heterocycles. The van der Waals surface area contributed by atoms with E-state index in [-0.39, 0.29) is 12.4 Å². The molecule has 1 N–H and O–H groups in total. The molecule has 0 aliphatic carbocycles. The quantitative estimate of drug-likeness (QED) is 0.581. The monoisotopic (exact) mass is 176 g/mol. The second-order valence-electron chi connectivity index (χ2n) is 3.73. The zero-order chi connectivity index (χ0) is 6.97. The molecule has 11 heavy (non-hydrogen) atoms. The predicted octanol–water partition coefficient (Wildman–Crippen LogP) is 0.579. The molecule has 2 unspecified atom stereocenters. The van der Waals surface area contributed by atoms with Crippen molar-refractivity contribution in [1.29, 1.82) is 0 Å². The first-order chi connectivity index (χ1) is 4.86. The molecule has 0 aromatic rings. The molecular formula is C8H17ClN2. The van der Waals surface area contributed by atoms with Crippen molar-refractivity contribution in [3.63, 3.8) is 0 Å². The van der Waals surface area contributed by atoms with Gasteiger partial charge in [0.05, 0.1) is 0 Å². The average molecular weight is 177 g/mol. The van der Waals surface area contributed by atoms with E-state index in [9.17, 15) is 0 Å². The molecule has 0 radical (unpaired) electrons. The molecule has 2 fully saturated rings. The van der Waals surface area contributed by atoms with E-state index < -0.39 is 0 Å². The zero-order valence-electron chi connectivity index (χ0n) is 7.05. The lowest BCUT2D eigenvalue weighted by molar-refractivity contribution is 0.318. The Hall–Kier alpha value is 0.210. The van der Waals surface area contributed by atoms with Crippen LogP contribution in [0.5, 0.6) is 0 Å². The summed E-state index contributed by atoms with van der Waals surface area (Å²) in [6.07, 6.45) is 1.40. The number of fused-ring (bicyclic) bond motifs is 1. The number of nitrogens with one attached hydrogen (secondary N) is 1. The van der Waals surface area contributed by atoms with Crippen LogP contribution in [0.15, 0.2) is 0 Å². The van der Waals surface area contributed by atoms with Gasteiger partial charge in [0.2, 0.25) is 0 Å². The van der Waals surface area contributed by atoms with Gasteiger partial charge in [-0.2, -0.15) is 0 Å². The number of hydrogen-bond acceptors (Lipinski definition) is 2. The molecule has 66 valence electrons. The fourth-order valence-electron chi connectivity index (χ4n) is 2.31. The van der Waals surface area contributed by atoms with Gasteiger partial charge >= 0.3 is 0 Å². The van der Waals surface area contributed by atoms with Gasteiger partial charge in [-0.3, -0.25) is 0 Å². The van der Waals surface area contributed by atoms with Crippen molar-refractivity contribution in [2.45, 2.75) is 6.42 Å². The number of likely N-dealkylation sites (tertiary alicyclic amines) is 1. The third-order valence-corrected chi connectivity index (χ3v) is 2.86. The van der Waals surface area contributed by atoms with E-state index in [1.807, 2.05) is 0 Å². The molecule has 2 aliphatic heterocycles. The van der Waals surface area contributed by atoms with Crippen LogP contribution in [-0.4, -0.2) is 38.1 Å². The normalized spacial score (nSPS) is 37.9. The van der Waals surface area contributed by atoms with Gasteiger partial charge in [0.25, 0.3) is 0 Å². The molecule has 2 heterocycles. The van der Waals surface area contributed by atoms with Gasteiger partial charge < -0.3 is 10.2 Å². The van der Waals surface area contributed by atoms with Gasteiger partial charge in [-0.1, -0.05) is 0 Å². The third-order valence-electron chi connectivity index (χ3n) is 2.86. The highest BCUT2D eigenvalue weighted by Crippen LogP contribution is 2.26. The lowest BCUT2D eigenvalue weighted by Gasteiger charge is -2.24. The molecular weight excluding hydrogens is 160 g/mol. The van der Waals surface area contributed by atoms with Crippen LogP contribution < -0.4 is 5.32 Å². The van der Waals surface area contributed by atoms with Crippen molar-refractivity contribution in [3.05, 3.63) is 0 Å². The Labute approximate surface area is 74.7 Å². The van der Waals surface area contributed by atoms with Crippen molar-refractivity contribution < 1.29 is 0 Å². The minimum Gasteiger partial charge on any atom is -0.316 e. The summed E-state index contributed by atoms with van der Waals surface area (Å²) in [4.78, 5) is 2.46. The molecule has 2 rings (SSSR count). The van der Waals surface area contributed by atoms with Gasteiger partial charge in [0, 0.05) is 13.1 Å². The van der Waals surface area contributed by atoms with Crippen LogP contribution in [0.3, 0.4) is 0 Å². The van der Waals surface area contributed by atoms with Crippen LogP contribution in [0.25, 0.3) is 0 Å². The van der Waals surface area contributed by atoms with Crippen molar-refractivity contribution in [2.24, 2.45) is 11.8 Å². The first-order valence-corrected chi connectivity index (χ1v) is 4.25. The number of nitrogens with zero attached hydrogens (tertiary/aromatic N) is 1. The van der Waals surface area contributed by atoms with Crippen LogP contribution in [0.1, 0.15) is 6.42 Å². The van der Waals surface area contributed by atoms with Gasteiger partial charge in [-0.15, -0.1) is 12.4 Å². The number of hydrogen-bond donors (Lipinski definition) is 1. The van der Waals surface area contributed by atoms with Crippen molar-refractivity contribution in [2.75, 3.05) is 33.2 Å². The topological polar surface area (TPSA) is 15.3 Å². The number of piperidine rings is 1. The Bertz CT molecular complexity index is 115. The molecule has 2 nitrogen and oxygen atoms in total. The highest BCUT2D eigenvalue weighted by atomic mass is 35.5. The SMILES string of the molecule is CN1CC2CCNCC2C1.Cl. The minimum absolute atomic E-state index is 0. The molecule has 2 atom stereocenters. The van der Waals surface area contributed by atoms with Crippen LogP contribution in [0.2, 0.25) is 0 Å². The van der Waals surface area contributed by atoms with E-state index in [1.165, 1.54) is 32.6 Å². The highest BCUT2D eigenvalue weighted by Gasteiger charge is 2.31. The van der Waals surface area contributed by atoms with E-state index in [0.717, 1.165) is 11.8 Å². The summed E-state index contributed by atoms with van der Waals surface area (Å²) in [5.74, 6) is 1.96. The summed E-state index contributed by atoms with van der Waals surface area (Å²) in [6, 6.07) is 0. The van der Waals surface area contributed by atoms with E-state index in [1.54, 1.807) is 0 Å². The molecule has 0 saturated carbocycles. The fourth-order valence-corrected chi connectivity index (χ4v) is 2.31. The average Bonchev–Trinajstić information content (AvgIpc) is 2.27. The van der Waals surface area contributed by atoms with E-state index >= 15 is 0 Å².